The van der Waals surface area contributed by atoms with Crippen LogP contribution in [0.4, 0.5) is 11.4 Å². The molecule has 2 nitrogen and oxygen atoms in total. The Morgan fingerprint density at radius 2 is 1.32 bits per heavy atom. The zero-order valence-corrected chi connectivity index (χ0v) is 18.4. The third-order valence-electron chi connectivity index (χ3n) is 7.50. The van der Waals surface area contributed by atoms with Crippen molar-refractivity contribution in [2.24, 2.45) is 26.7 Å². The molecule has 2 aliphatic rings. The Morgan fingerprint density at radius 1 is 0.786 bits per heavy atom. The summed E-state index contributed by atoms with van der Waals surface area (Å²) in [5.41, 5.74) is 9.89. The number of rotatable bonds is 2. The third-order valence-corrected chi connectivity index (χ3v) is 7.50. The van der Waals surface area contributed by atoms with E-state index in [2.05, 4.69) is 84.9 Å². The van der Waals surface area contributed by atoms with E-state index in [1.54, 1.807) is 0 Å². The van der Waals surface area contributed by atoms with E-state index in [-0.39, 0.29) is 10.8 Å². The van der Waals surface area contributed by atoms with Crippen LogP contribution in [0.15, 0.2) is 46.4 Å². The molecule has 4 rings (SSSR count). The molecule has 0 saturated heterocycles. The predicted molar refractivity (Wildman–Crippen MR) is 121 cm³/mol. The second-order valence-corrected chi connectivity index (χ2v) is 9.68. The van der Waals surface area contributed by atoms with Crippen LogP contribution >= 0.6 is 0 Å². The fourth-order valence-corrected chi connectivity index (χ4v) is 5.27. The van der Waals surface area contributed by atoms with Crippen molar-refractivity contribution in [2.75, 3.05) is 0 Å². The summed E-state index contributed by atoms with van der Waals surface area (Å²) in [6.07, 6.45) is 2.40. The molecular weight excluding hydrogens is 340 g/mol. The van der Waals surface area contributed by atoms with Crippen LogP contribution in [-0.4, -0.2) is 11.4 Å². The van der Waals surface area contributed by atoms with Crippen molar-refractivity contribution < 1.29 is 0 Å². The molecule has 2 atom stereocenters. The Bertz CT molecular complexity index is 1010. The average molecular weight is 373 g/mol. The van der Waals surface area contributed by atoms with E-state index in [0.717, 1.165) is 11.4 Å². The lowest BCUT2D eigenvalue weighted by Gasteiger charge is -2.33. The zero-order valence-electron chi connectivity index (χ0n) is 18.4. The van der Waals surface area contributed by atoms with Crippen LogP contribution in [0.25, 0.3) is 0 Å². The summed E-state index contributed by atoms with van der Waals surface area (Å²) in [4.78, 5) is 10.5. The van der Waals surface area contributed by atoms with Crippen molar-refractivity contribution in [3.63, 3.8) is 0 Å². The van der Waals surface area contributed by atoms with Gasteiger partial charge in [-0.1, -0.05) is 56.2 Å². The molecule has 28 heavy (non-hydrogen) atoms. The van der Waals surface area contributed by atoms with Gasteiger partial charge in [0.1, 0.15) is 0 Å². The smallest absolute Gasteiger partial charge is 0.0693 e. The number of fused-ring (bicyclic) bond motifs is 2. The summed E-state index contributed by atoms with van der Waals surface area (Å²) in [6, 6.07) is 13.1. The van der Waals surface area contributed by atoms with Crippen LogP contribution in [0.1, 0.15) is 55.9 Å². The highest BCUT2D eigenvalue weighted by molar-refractivity contribution is 6.48. The summed E-state index contributed by atoms with van der Waals surface area (Å²) in [7, 11) is 0. The Morgan fingerprint density at radius 3 is 1.86 bits per heavy atom. The minimum atomic E-state index is 0.0758. The van der Waals surface area contributed by atoms with E-state index in [0.29, 0.717) is 5.92 Å². The highest BCUT2D eigenvalue weighted by Crippen LogP contribution is 2.63. The summed E-state index contributed by atoms with van der Waals surface area (Å²) >= 11 is 0. The molecule has 2 aliphatic carbocycles. The van der Waals surface area contributed by atoms with E-state index in [1.165, 1.54) is 46.5 Å². The maximum Gasteiger partial charge on any atom is 0.0693 e. The maximum atomic E-state index is 5.26. The van der Waals surface area contributed by atoms with Crippen LogP contribution in [0, 0.1) is 44.4 Å². The number of benzene rings is 2. The van der Waals surface area contributed by atoms with Crippen molar-refractivity contribution in [3.05, 3.63) is 58.7 Å². The normalized spacial score (nSPS) is 28.5. The molecule has 2 bridgehead atoms. The van der Waals surface area contributed by atoms with Gasteiger partial charge in [-0.2, -0.15) is 0 Å². The molecule has 0 aromatic heterocycles. The van der Waals surface area contributed by atoms with Gasteiger partial charge in [0.05, 0.1) is 22.8 Å². The van der Waals surface area contributed by atoms with E-state index in [1.807, 2.05) is 0 Å². The Labute approximate surface area is 169 Å². The first-order valence-corrected chi connectivity index (χ1v) is 10.5. The standard InChI is InChI=1S/C26H32N2/c1-16-8-10-21(18(3)14-16)27-23-20-12-13-26(7,25(20,5)6)24(23)28-22-11-9-17(2)15-19(22)4/h8-11,14-15,20H,12-13H2,1-7H3/b27-23+,28-24-. The SMILES string of the molecule is Cc1ccc(/N=C2/C(=N/c3ccc(C)cc3C)C3(C)CCC2C3(C)C)c(C)c1. The zero-order chi connectivity index (χ0) is 20.3. The van der Waals surface area contributed by atoms with E-state index in [4.69, 9.17) is 9.98 Å². The molecule has 0 radical (unpaired) electrons. The van der Waals surface area contributed by atoms with Gasteiger partial charge in [0.25, 0.3) is 0 Å². The molecule has 2 aromatic rings. The van der Waals surface area contributed by atoms with Crippen LogP contribution in [0.5, 0.6) is 0 Å². The third kappa shape index (κ3) is 2.77. The molecule has 2 fully saturated rings. The van der Waals surface area contributed by atoms with Crippen LogP contribution in [0.2, 0.25) is 0 Å². The van der Waals surface area contributed by atoms with Crippen LogP contribution < -0.4 is 0 Å². The molecule has 2 unspecified atom stereocenters. The van der Waals surface area contributed by atoms with Gasteiger partial charge in [0, 0.05) is 11.3 Å². The van der Waals surface area contributed by atoms with Crippen molar-refractivity contribution in [2.45, 2.75) is 61.3 Å². The molecule has 0 aliphatic heterocycles. The van der Waals surface area contributed by atoms with Gasteiger partial charge in [-0.25, -0.2) is 0 Å². The molecule has 146 valence electrons. The fourth-order valence-electron chi connectivity index (χ4n) is 5.27. The lowest BCUT2D eigenvalue weighted by molar-refractivity contribution is 0.208. The minimum Gasteiger partial charge on any atom is -0.251 e. The molecule has 2 heteroatoms. The lowest BCUT2D eigenvalue weighted by Crippen LogP contribution is -2.33. The number of nitrogens with zero attached hydrogens (tertiary/aromatic N) is 2. The first-order chi connectivity index (χ1) is 13.1. The summed E-state index contributed by atoms with van der Waals surface area (Å²) in [5.74, 6) is 0.475. The number of hydrogen-bond donors (Lipinski definition) is 0. The minimum absolute atomic E-state index is 0.0758. The summed E-state index contributed by atoms with van der Waals surface area (Å²) in [5, 5.41) is 0. The summed E-state index contributed by atoms with van der Waals surface area (Å²) < 4.78 is 0. The molecule has 0 N–H and O–H groups in total. The van der Waals surface area contributed by atoms with Crippen LogP contribution in [-0.2, 0) is 0 Å². The average Bonchev–Trinajstić information content (AvgIpc) is 2.92. The molecule has 0 amide bonds. The van der Waals surface area contributed by atoms with Gasteiger partial charge in [0.15, 0.2) is 0 Å². The largest absolute Gasteiger partial charge is 0.251 e. The monoisotopic (exact) mass is 372 g/mol. The highest BCUT2D eigenvalue weighted by atomic mass is 14.9. The Hall–Kier alpha value is -2.22. The summed E-state index contributed by atoms with van der Waals surface area (Å²) in [6.45, 7) is 15.8. The van der Waals surface area contributed by atoms with Crippen molar-refractivity contribution in [1.82, 2.24) is 0 Å². The quantitative estimate of drug-likeness (QED) is 0.531. The van der Waals surface area contributed by atoms with Gasteiger partial charge in [-0.15, -0.1) is 0 Å². The lowest BCUT2D eigenvalue weighted by atomic mass is 9.70. The molecular formula is C26H32N2. The first-order valence-electron chi connectivity index (χ1n) is 10.5. The maximum absolute atomic E-state index is 5.26. The molecule has 2 saturated carbocycles. The van der Waals surface area contributed by atoms with E-state index >= 15 is 0 Å². The molecule has 2 aromatic carbocycles. The predicted octanol–water partition coefficient (Wildman–Crippen LogP) is 7.22. The van der Waals surface area contributed by atoms with Gasteiger partial charge < -0.3 is 0 Å². The number of hydrogen-bond acceptors (Lipinski definition) is 2. The van der Waals surface area contributed by atoms with Crippen molar-refractivity contribution in [3.8, 4) is 0 Å². The molecule has 0 spiro atoms. The van der Waals surface area contributed by atoms with E-state index < -0.39 is 0 Å². The first kappa shape index (κ1) is 19.1. The fraction of sp³-hybridized carbons (Fsp3) is 0.462. The van der Waals surface area contributed by atoms with Crippen molar-refractivity contribution in [1.29, 1.82) is 0 Å². The van der Waals surface area contributed by atoms with Crippen LogP contribution in [0.3, 0.4) is 0 Å². The highest BCUT2D eigenvalue weighted by Gasteiger charge is 2.63. The van der Waals surface area contributed by atoms with Gasteiger partial charge in [-0.05, 0) is 69.2 Å². The second kappa shape index (κ2) is 6.40. The molecule has 0 heterocycles. The van der Waals surface area contributed by atoms with Gasteiger partial charge >= 0.3 is 0 Å². The van der Waals surface area contributed by atoms with E-state index in [9.17, 15) is 0 Å². The van der Waals surface area contributed by atoms with Crippen molar-refractivity contribution >= 4 is 22.8 Å². The Kier molecular flexibility index (Phi) is 4.37. The van der Waals surface area contributed by atoms with Gasteiger partial charge in [-0.3, -0.25) is 9.98 Å². The number of aliphatic imine (C=N–C) groups is 2. The Balaban J connectivity index is 1.90. The second-order valence-electron chi connectivity index (χ2n) is 9.68. The number of aryl methyl sites for hydroxylation is 4. The van der Waals surface area contributed by atoms with Gasteiger partial charge in [0.2, 0.25) is 0 Å². The topological polar surface area (TPSA) is 24.7 Å².